The van der Waals surface area contributed by atoms with Crippen molar-refractivity contribution in [2.75, 3.05) is 7.11 Å². The molecular weight excluding hydrogens is 226 g/mol. The number of benzene rings is 1. The van der Waals surface area contributed by atoms with E-state index in [9.17, 15) is 0 Å². The third-order valence-electron chi connectivity index (χ3n) is 3.26. The zero-order chi connectivity index (χ0) is 12.1. The van der Waals surface area contributed by atoms with Crippen LogP contribution in [0.3, 0.4) is 0 Å². The molecule has 18 heavy (non-hydrogen) atoms. The predicted octanol–water partition coefficient (Wildman–Crippen LogP) is 2.98. The van der Waals surface area contributed by atoms with Gasteiger partial charge in [-0.25, -0.2) is 4.98 Å². The summed E-state index contributed by atoms with van der Waals surface area (Å²) in [4.78, 5) is 8.05. The molecule has 4 heteroatoms. The molecule has 0 bridgehead atoms. The fourth-order valence-corrected chi connectivity index (χ4v) is 2.39. The van der Waals surface area contributed by atoms with E-state index in [-0.39, 0.29) is 0 Å². The average molecular weight is 237 g/mol. The smallest absolute Gasteiger partial charge is 0.143 e. The third-order valence-corrected chi connectivity index (χ3v) is 3.26. The van der Waals surface area contributed by atoms with Gasteiger partial charge in [0.05, 0.1) is 12.6 Å². The molecule has 0 spiro atoms. The van der Waals surface area contributed by atoms with E-state index >= 15 is 0 Å². The Morgan fingerprint density at radius 3 is 3.06 bits per heavy atom. The molecule has 88 valence electrons. The van der Waals surface area contributed by atoms with E-state index in [2.05, 4.69) is 14.4 Å². The molecule has 0 atom stereocenters. The molecule has 0 unspecified atom stereocenters. The number of fused-ring (bicyclic) bond motifs is 5. The van der Waals surface area contributed by atoms with Gasteiger partial charge in [0.1, 0.15) is 22.6 Å². The van der Waals surface area contributed by atoms with Gasteiger partial charge in [-0.3, -0.25) is 4.40 Å². The first kappa shape index (κ1) is 9.53. The molecule has 4 nitrogen and oxygen atoms in total. The van der Waals surface area contributed by atoms with Crippen LogP contribution in [0, 0.1) is 0 Å². The lowest BCUT2D eigenvalue weighted by Gasteiger charge is -1.98. The lowest BCUT2D eigenvalue weighted by atomic mass is 10.2. The zero-order valence-corrected chi connectivity index (χ0v) is 9.84. The summed E-state index contributed by atoms with van der Waals surface area (Å²) in [6.07, 6.45) is 2.01. The standard InChI is InChI=1S/C14H11N3O/c1-18-9-5-6-10-11(8-9)15-14-13(10)16-12-4-2-3-7-17(12)14/h2-8,15H,1H3. The minimum atomic E-state index is 0.848. The second-order valence-corrected chi connectivity index (χ2v) is 4.27. The highest BCUT2D eigenvalue weighted by molar-refractivity contribution is 6.05. The lowest BCUT2D eigenvalue weighted by molar-refractivity contribution is 0.415. The number of imidazole rings is 1. The Morgan fingerprint density at radius 1 is 1.22 bits per heavy atom. The minimum Gasteiger partial charge on any atom is -0.497 e. The number of methoxy groups -OCH3 is 1. The fourth-order valence-electron chi connectivity index (χ4n) is 2.39. The highest BCUT2D eigenvalue weighted by atomic mass is 16.5. The van der Waals surface area contributed by atoms with Crippen LogP contribution < -0.4 is 4.74 Å². The van der Waals surface area contributed by atoms with E-state index in [1.54, 1.807) is 7.11 Å². The summed E-state index contributed by atoms with van der Waals surface area (Å²) >= 11 is 0. The van der Waals surface area contributed by atoms with E-state index in [0.29, 0.717) is 0 Å². The summed E-state index contributed by atoms with van der Waals surface area (Å²) in [6.45, 7) is 0. The zero-order valence-electron chi connectivity index (χ0n) is 9.84. The van der Waals surface area contributed by atoms with Crippen molar-refractivity contribution in [3.05, 3.63) is 42.6 Å². The highest BCUT2D eigenvalue weighted by Gasteiger charge is 2.11. The van der Waals surface area contributed by atoms with Crippen molar-refractivity contribution in [2.45, 2.75) is 0 Å². The average Bonchev–Trinajstić information content (AvgIpc) is 2.93. The molecule has 4 aromatic rings. The van der Waals surface area contributed by atoms with Gasteiger partial charge in [0.15, 0.2) is 0 Å². The van der Waals surface area contributed by atoms with E-state index in [0.717, 1.165) is 33.5 Å². The maximum absolute atomic E-state index is 5.24. The summed E-state index contributed by atoms with van der Waals surface area (Å²) in [6, 6.07) is 12.0. The Bertz CT molecular complexity index is 873. The van der Waals surface area contributed by atoms with Gasteiger partial charge in [-0.2, -0.15) is 0 Å². The second-order valence-electron chi connectivity index (χ2n) is 4.27. The van der Waals surface area contributed by atoms with Crippen molar-refractivity contribution in [1.82, 2.24) is 14.4 Å². The van der Waals surface area contributed by atoms with Crippen LogP contribution in [0.4, 0.5) is 0 Å². The molecule has 4 rings (SSSR count). The van der Waals surface area contributed by atoms with E-state index in [1.165, 1.54) is 0 Å². The first-order valence-corrected chi connectivity index (χ1v) is 5.79. The molecule has 1 N–H and O–H groups in total. The molecule has 0 saturated carbocycles. The van der Waals surface area contributed by atoms with Crippen LogP contribution in [0.25, 0.3) is 27.7 Å². The van der Waals surface area contributed by atoms with Crippen LogP contribution in [0.1, 0.15) is 0 Å². The van der Waals surface area contributed by atoms with Crippen LogP contribution in [0.2, 0.25) is 0 Å². The van der Waals surface area contributed by atoms with Crippen molar-refractivity contribution in [1.29, 1.82) is 0 Å². The Labute approximate surface area is 103 Å². The van der Waals surface area contributed by atoms with Gasteiger partial charge in [-0.05, 0) is 24.3 Å². The lowest BCUT2D eigenvalue weighted by Crippen LogP contribution is -1.83. The number of aromatic nitrogens is 3. The highest BCUT2D eigenvalue weighted by Crippen LogP contribution is 2.28. The summed E-state index contributed by atoms with van der Waals surface area (Å²) in [5.74, 6) is 0.848. The molecule has 3 heterocycles. The fraction of sp³-hybridized carbons (Fsp3) is 0.0714. The van der Waals surface area contributed by atoms with Gasteiger partial charge in [0, 0.05) is 17.6 Å². The van der Waals surface area contributed by atoms with Gasteiger partial charge in [0.25, 0.3) is 0 Å². The number of nitrogens with one attached hydrogen (secondary N) is 1. The molecule has 0 aliphatic carbocycles. The molecule has 0 fully saturated rings. The normalized spacial score (nSPS) is 11.6. The Morgan fingerprint density at radius 2 is 2.17 bits per heavy atom. The molecule has 3 aromatic heterocycles. The summed E-state index contributed by atoms with van der Waals surface area (Å²) in [5.41, 5.74) is 4.02. The monoisotopic (exact) mass is 237 g/mol. The quantitative estimate of drug-likeness (QED) is 0.553. The van der Waals surface area contributed by atoms with Crippen LogP contribution in [0.5, 0.6) is 5.75 Å². The Balaban J connectivity index is 2.18. The van der Waals surface area contributed by atoms with Gasteiger partial charge >= 0.3 is 0 Å². The molecule has 1 aromatic carbocycles. The molecule has 0 aliphatic heterocycles. The minimum absolute atomic E-state index is 0.848. The first-order valence-electron chi connectivity index (χ1n) is 5.79. The van der Waals surface area contributed by atoms with E-state index in [1.807, 2.05) is 42.6 Å². The van der Waals surface area contributed by atoms with Crippen molar-refractivity contribution in [2.24, 2.45) is 0 Å². The summed E-state index contributed by atoms with van der Waals surface area (Å²) in [5, 5.41) is 1.12. The number of hydrogen-bond acceptors (Lipinski definition) is 2. The number of hydrogen-bond donors (Lipinski definition) is 1. The second kappa shape index (κ2) is 3.26. The van der Waals surface area contributed by atoms with Crippen molar-refractivity contribution >= 4 is 27.7 Å². The van der Waals surface area contributed by atoms with Crippen LogP contribution in [0.15, 0.2) is 42.6 Å². The van der Waals surface area contributed by atoms with Crippen molar-refractivity contribution in [3.8, 4) is 5.75 Å². The predicted molar refractivity (Wildman–Crippen MR) is 71.1 cm³/mol. The maximum atomic E-state index is 5.24. The number of ether oxygens (including phenoxy) is 1. The Kier molecular flexibility index (Phi) is 1.73. The molecule has 0 radical (unpaired) electrons. The van der Waals surface area contributed by atoms with E-state index in [4.69, 9.17) is 4.74 Å². The SMILES string of the molecule is COc1ccc2c(c1)[nH]c1c2nc2ccccn21. The summed E-state index contributed by atoms with van der Waals surface area (Å²) in [7, 11) is 1.67. The first-order chi connectivity index (χ1) is 8.86. The topological polar surface area (TPSA) is 42.3 Å². The van der Waals surface area contributed by atoms with Crippen LogP contribution >= 0.6 is 0 Å². The number of rotatable bonds is 1. The number of pyridine rings is 1. The summed E-state index contributed by atoms with van der Waals surface area (Å²) < 4.78 is 7.29. The van der Waals surface area contributed by atoms with Gasteiger partial charge in [-0.15, -0.1) is 0 Å². The van der Waals surface area contributed by atoms with Crippen molar-refractivity contribution in [3.63, 3.8) is 0 Å². The number of aromatic amines is 1. The number of H-pyrrole nitrogens is 1. The molecule has 0 amide bonds. The molecular formula is C14H11N3O. The number of nitrogens with zero attached hydrogens (tertiary/aromatic N) is 2. The van der Waals surface area contributed by atoms with Crippen molar-refractivity contribution < 1.29 is 4.74 Å². The van der Waals surface area contributed by atoms with E-state index < -0.39 is 0 Å². The van der Waals surface area contributed by atoms with Gasteiger partial charge in [0.2, 0.25) is 0 Å². The maximum Gasteiger partial charge on any atom is 0.143 e. The largest absolute Gasteiger partial charge is 0.497 e. The molecule has 0 aliphatic rings. The Hall–Kier alpha value is -2.49. The van der Waals surface area contributed by atoms with Crippen LogP contribution in [-0.2, 0) is 0 Å². The third kappa shape index (κ3) is 1.12. The molecule has 0 saturated heterocycles. The van der Waals surface area contributed by atoms with Gasteiger partial charge in [-0.1, -0.05) is 6.07 Å². The van der Waals surface area contributed by atoms with Gasteiger partial charge < -0.3 is 9.72 Å². The van der Waals surface area contributed by atoms with Crippen LogP contribution in [-0.4, -0.2) is 21.5 Å².